The number of aromatic nitrogens is 6. The molecule has 3 aromatic heterocycles. The van der Waals surface area contributed by atoms with Crippen LogP contribution in [0.15, 0.2) is 18.2 Å². The van der Waals surface area contributed by atoms with Crippen LogP contribution in [0.1, 0.15) is 43.0 Å². The van der Waals surface area contributed by atoms with Crippen LogP contribution >= 0.6 is 0 Å². The van der Waals surface area contributed by atoms with Crippen molar-refractivity contribution in [3.8, 4) is 17.3 Å². The van der Waals surface area contributed by atoms with E-state index in [9.17, 15) is 0 Å². The quantitative estimate of drug-likeness (QED) is 0.752. The van der Waals surface area contributed by atoms with E-state index in [1.165, 1.54) is 11.3 Å². The van der Waals surface area contributed by atoms with Crippen LogP contribution in [0.5, 0.6) is 0 Å². The van der Waals surface area contributed by atoms with E-state index in [2.05, 4.69) is 41.0 Å². The van der Waals surface area contributed by atoms with Crippen molar-refractivity contribution in [2.24, 2.45) is 5.92 Å². The van der Waals surface area contributed by atoms with Crippen molar-refractivity contribution in [1.82, 2.24) is 34.8 Å². The average molecular weight is 365 g/mol. The van der Waals surface area contributed by atoms with Crippen LogP contribution in [0, 0.1) is 12.8 Å². The van der Waals surface area contributed by atoms with Gasteiger partial charge in [-0.05, 0) is 38.4 Å². The molecule has 7 nitrogen and oxygen atoms in total. The van der Waals surface area contributed by atoms with E-state index in [4.69, 9.17) is 10.1 Å². The molecule has 142 valence electrons. The van der Waals surface area contributed by atoms with Gasteiger partial charge in [0.1, 0.15) is 5.69 Å². The third-order valence-electron chi connectivity index (χ3n) is 5.02. The molecule has 1 aliphatic rings. The van der Waals surface area contributed by atoms with E-state index >= 15 is 0 Å². The molecule has 0 bridgehead atoms. The summed E-state index contributed by atoms with van der Waals surface area (Å²) in [5, 5.41) is 12.6. The fourth-order valence-electron chi connectivity index (χ4n) is 3.45. The monoisotopic (exact) mass is 365 g/mol. The SMILES string of the molecule is Cc1cccc(-n2nc(CCC(C)C)nc2-c2n[nH]c3c2CN(C)CC3)n1. The fourth-order valence-corrected chi connectivity index (χ4v) is 3.45. The van der Waals surface area contributed by atoms with Crippen molar-refractivity contribution >= 4 is 0 Å². The molecule has 7 heteroatoms. The number of likely N-dealkylation sites (N-methyl/N-ethyl adjacent to an activating group) is 1. The predicted molar refractivity (Wildman–Crippen MR) is 105 cm³/mol. The molecule has 1 N–H and O–H groups in total. The number of rotatable bonds is 5. The van der Waals surface area contributed by atoms with Crippen molar-refractivity contribution in [1.29, 1.82) is 0 Å². The van der Waals surface area contributed by atoms with Gasteiger partial charge < -0.3 is 4.90 Å². The minimum absolute atomic E-state index is 0.615. The van der Waals surface area contributed by atoms with Gasteiger partial charge in [-0.15, -0.1) is 5.10 Å². The lowest BCUT2D eigenvalue weighted by Gasteiger charge is -2.22. The summed E-state index contributed by atoms with van der Waals surface area (Å²) >= 11 is 0. The molecular formula is C20H27N7. The van der Waals surface area contributed by atoms with E-state index in [0.717, 1.165) is 61.2 Å². The summed E-state index contributed by atoms with van der Waals surface area (Å²) < 4.78 is 1.85. The van der Waals surface area contributed by atoms with Crippen molar-refractivity contribution in [2.75, 3.05) is 13.6 Å². The van der Waals surface area contributed by atoms with Gasteiger partial charge >= 0.3 is 0 Å². The summed E-state index contributed by atoms with van der Waals surface area (Å²) in [6, 6.07) is 5.97. The van der Waals surface area contributed by atoms with Gasteiger partial charge in [-0.2, -0.15) is 9.78 Å². The highest BCUT2D eigenvalue weighted by Crippen LogP contribution is 2.28. The Bertz CT molecular complexity index is 938. The van der Waals surface area contributed by atoms with Gasteiger partial charge in [0.15, 0.2) is 17.5 Å². The summed E-state index contributed by atoms with van der Waals surface area (Å²) in [7, 11) is 2.14. The number of fused-ring (bicyclic) bond motifs is 1. The van der Waals surface area contributed by atoms with Gasteiger partial charge in [0.05, 0.1) is 0 Å². The Balaban J connectivity index is 1.80. The van der Waals surface area contributed by atoms with Gasteiger partial charge in [0, 0.05) is 42.9 Å². The third-order valence-corrected chi connectivity index (χ3v) is 5.02. The first-order valence-corrected chi connectivity index (χ1v) is 9.66. The number of nitrogens with zero attached hydrogens (tertiary/aromatic N) is 6. The van der Waals surface area contributed by atoms with E-state index < -0.39 is 0 Å². The van der Waals surface area contributed by atoms with E-state index in [1.54, 1.807) is 0 Å². The molecule has 3 aromatic rings. The molecule has 1 aliphatic heterocycles. The number of hydrogen-bond donors (Lipinski definition) is 1. The number of nitrogens with one attached hydrogen (secondary N) is 1. The van der Waals surface area contributed by atoms with Crippen LogP contribution in [0.4, 0.5) is 0 Å². The smallest absolute Gasteiger partial charge is 0.185 e. The molecule has 27 heavy (non-hydrogen) atoms. The second-order valence-corrected chi connectivity index (χ2v) is 7.85. The first-order valence-electron chi connectivity index (χ1n) is 9.66. The maximum atomic E-state index is 4.87. The second-order valence-electron chi connectivity index (χ2n) is 7.85. The van der Waals surface area contributed by atoms with Crippen LogP contribution in [-0.2, 0) is 19.4 Å². The molecule has 0 fully saturated rings. The van der Waals surface area contributed by atoms with Crippen molar-refractivity contribution < 1.29 is 0 Å². The number of hydrogen-bond acceptors (Lipinski definition) is 5. The van der Waals surface area contributed by atoms with Gasteiger partial charge in [-0.25, -0.2) is 9.97 Å². The zero-order valence-electron chi connectivity index (χ0n) is 16.5. The molecule has 0 amide bonds. The molecular weight excluding hydrogens is 338 g/mol. The zero-order chi connectivity index (χ0) is 19.0. The number of pyridine rings is 1. The van der Waals surface area contributed by atoms with Gasteiger partial charge in [0.2, 0.25) is 0 Å². The molecule has 0 spiro atoms. The number of H-pyrrole nitrogens is 1. The third kappa shape index (κ3) is 3.64. The maximum absolute atomic E-state index is 4.87. The lowest BCUT2D eigenvalue weighted by molar-refractivity contribution is 0.312. The Morgan fingerprint density at radius 3 is 2.85 bits per heavy atom. The molecule has 0 unspecified atom stereocenters. The number of aryl methyl sites for hydroxylation is 2. The average Bonchev–Trinajstić information content (AvgIpc) is 3.23. The van der Waals surface area contributed by atoms with Crippen LogP contribution in [0.2, 0.25) is 0 Å². The Hall–Kier alpha value is -2.54. The normalized spacial score (nSPS) is 14.7. The zero-order valence-corrected chi connectivity index (χ0v) is 16.5. The molecule has 0 radical (unpaired) electrons. The largest absolute Gasteiger partial charge is 0.302 e. The van der Waals surface area contributed by atoms with Crippen LogP contribution in [-0.4, -0.2) is 48.4 Å². The van der Waals surface area contributed by atoms with Gasteiger partial charge in [-0.3, -0.25) is 5.10 Å². The fraction of sp³-hybridized carbons (Fsp3) is 0.500. The van der Waals surface area contributed by atoms with Gasteiger partial charge in [-0.1, -0.05) is 19.9 Å². The summed E-state index contributed by atoms with van der Waals surface area (Å²) in [6.07, 6.45) is 2.90. The molecule has 0 atom stereocenters. The van der Waals surface area contributed by atoms with Crippen molar-refractivity contribution in [3.63, 3.8) is 0 Å². The summed E-state index contributed by atoms with van der Waals surface area (Å²) in [6.45, 7) is 8.35. The van der Waals surface area contributed by atoms with Crippen molar-refractivity contribution in [2.45, 2.75) is 46.6 Å². The first-order chi connectivity index (χ1) is 13.0. The standard InChI is InChI=1S/C20H27N7/c1-13(2)8-9-17-22-20(27(25-17)18-7-5-6-14(3)21-18)19-15-12-26(4)11-10-16(15)23-24-19/h5-7,13H,8-12H2,1-4H3,(H,23,24). The first kappa shape index (κ1) is 17.9. The van der Waals surface area contributed by atoms with E-state index in [1.807, 2.05) is 29.8 Å². The lowest BCUT2D eigenvalue weighted by Crippen LogP contribution is -2.26. The molecule has 4 rings (SSSR count). The number of aromatic amines is 1. The predicted octanol–water partition coefficient (Wildman–Crippen LogP) is 2.94. The van der Waals surface area contributed by atoms with Crippen LogP contribution in [0.25, 0.3) is 17.3 Å². The Kier molecular flexibility index (Phi) is 4.78. The van der Waals surface area contributed by atoms with Crippen LogP contribution in [0.3, 0.4) is 0 Å². The summed E-state index contributed by atoms with van der Waals surface area (Å²) in [5.74, 6) is 3.03. The molecule has 0 aliphatic carbocycles. The summed E-state index contributed by atoms with van der Waals surface area (Å²) in [4.78, 5) is 11.8. The Morgan fingerprint density at radius 2 is 2.07 bits per heavy atom. The topological polar surface area (TPSA) is 75.5 Å². The van der Waals surface area contributed by atoms with E-state index in [-0.39, 0.29) is 0 Å². The molecule has 4 heterocycles. The molecule has 0 aromatic carbocycles. The van der Waals surface area contributed by atoms with Crippen molar-refractivity contribution in [3.05, 3.63) is 41.0 Å². The molecule has 0 saturated heterocycles. The molecule has 0 saturated carbocycles. The Morgan fingerprint density at radius 1 is 1.22 bits per heavy atom. The maximum Gasteiger partial charge on any atom is 0.185 e. The minimum Gasteiger partial charge on any atom is -0.302 e. The highest BCUT2D eigenvalue weighted by molar-refractivity contribution is 5.59. The highest BCUT2D eigenvalue weighted by atomic mass is 15.4. The van der Waals surface area contributed by atoms with E-state index in [0.29, 0.717) is 5.92 Å². The second kappa shape index (κ2) is 7.23. The highest BCUT2D eigenvalue weighted by Gasteiger charge is 2.25. The minimum atomic E-state index is 0.615. The Labute approximate surface area is 159 Å². The summed E-state index contributed by atoms with van der Waals surface area (Å²) in [5.41, 5.74) is 4.28. The lowest BCUT2D eigenvalue weighted by atomic mass is 10.1. The van der Waals surface area contributed by atoms with Crippen LogP contribution < -0.4 is 0 Å². The van der Waals surface area contributed by atoms with Gasteiger partial charge in [0.25, 0.3) is 0 Å².